The predicted molar refractivity (Wildman–Crippen MR) is 66.9 cm³/mol. The molecular formula is C14H9ClFNO. The highest BCUT2D eigenvalue weighted by Gasteiger charge is 2.12. The molecule has 90 valence electrons. The lowest BCUT2D eigenvalue weighted by Crippen LogP contribution is -1.98. The molecule has 2 nitrogen and oxygen atoms in total. The van der Waals surface area contributed by atoms with E-state index in [0.29, 0.717) is 0 Å². The Balaban J connectivity index is 2.16. The summed E-state index contributed by atoms with van der Waals surface area (Å²) in [6.45, 7) is 0.250. The third-order valence-corrected chi connectivity index (χ3v) is 2.77. The van der Waals surface area contributed by atoms with Crippen molar-refractivity contribution in [1.82, 2.24) is 0 Å². The van der Waals surface area contributed by atoms with Gasteiger partial charge >= 0.3 is 0 Å². The van der Waals surface area contributed by atoms with Crippen molar-refractivity contribution >= 4 is 11.6 Å². The Bertz CT molecular complexity index is 593. The molecule has 0 aliphatic rings. The molecule has 0 fully saturated rings. The topological polar surface area (TPSA) is 33.0 Å². The van der Waals surface area contributed by atoms with Gasteiger partial charge in [0, 0.05) is 0 Å². The lowest BCUT2D eigenvalue weighted by Gasteiger charge is -2.08. The van der Waals surface area contributed by atoms with Crippen LogP contribution < -0.4 is 4.74 Å². The molecule has 0 saturated carbocycles. The smallest absolute Gasteiger partial charge is 0.184 e. The number of benzene rings is 2. The second-order valence-corrected chi connectivity index (χ2v) is 4.00. The van der Waals surface area contributed by atoms with Crippen LogP contribution in [0.15, 0.2) is 42.5 Å². The minimum Gasteiger partial charge on any atom is -0.486 e. The molecule has 0 saturated heterocycles. The number of hydrogen-bond donors (Lipinski definition) is 0. The summed E-state index contributed by atoms with van der Waals surface area (Å²) in [4.78, 5) is 0. The van der Waals surface area contributed by atoms with Gasteiger partial charge in [0.2, 0.25) is 0 Å². The fraction of sp³-hybridized carbons (Fsp3) is 0.0714. The second kappa shape index (κ2) is 5.52. The third-order valence-electron chi connectivity index (χ3n) is 2.40. The molecule has 0 bridgehead atoms. The standard InChI is InChI=1S/C14H9ClFNO/c15-13-11(8-17)6-7-12(14(13)16)18-9-10-4-2-1-3-5-10/h1-7H,9H2. The average Bonchev–Trinajstić information content (AvgIpc) is 2.42. The first kappa shape index (κ1) is 12.4. The first-order valence-electron chi connectivity index (χ1n) is 5.27. The molecule has 4 heteroatoms. The van der Waals surface area contributed by atoms with Gasteiger partial charge in [-0.2, -0.15) is 5.26 Å². The summed E-state index contributed by atoms with van der Waals surface area (Å²) in [6, 6.07) is 14.1. The molecule has 0 radical (unpaired) electrons. The summed E-state index contributed by atoms with van der Waals surface area (Å²) in [5.74, 6) is -0.658. The number of halogens is 2. The van der Waals surface area contributed by atoms with E-state index in [1.165, 1.54) is 12.1 Å². The first-order chi connectivity index (χ1) is 8.72. The third kappa shape index (κ3) is 2.61. The highest BCUT2D eigenvalue weighted by atomic mass is 35.5. The zero-order chi connectivity index (χ0) is 13.0. The summed E-state index contributed by atoms with van der Waals surface area (Å²) in [5, 5.41) is 8.49. The van der Waals surface area contributed by atoms with E-state index in [2.05, 4.69) is 0 Å². The minimum atomic E-state index is -0.702. The molecule has 0 aromatic heterocycles. The molecule has 0 aliphatic carbocycles. The molecule has 0 unspecified atom stereocenters. The van der Waals surface area contributed by atoms with E-state index in [0.717, 1.165) is 5.56 Å². The number of nitrogens with zero attached hydrogens (tertiary/aromatic N) is 1. The quantitative estimate of drug-likeness (QED) is 0.839. The lowest BCUT2D eigenvalue weighted by atomic mass is 10.2. The average molecular weight is 262 g/mol. The summed E-state index contributed by atoms with van der Waals surface area (Å²) >= 11 is 5.70. The largest absolute Gasteiger partial charge is 0.486 e. The van der Waals surface area contributed by atoms with E-state index >= 15 is 0 Å². The molecule has 0 N–H and O–H groups in total. The summed E-state index contributed by atoms with van der Waals surface area (Å²) < 4.78 is 19.1. The number of nitriles is 1. The van der Waals surface area contributed by atoms with Crippen molar-refractivity contribution in [3.63, 3.8) is 0 Å². The van der Waals surface area contributed by atoms with Crippen molar-refractivity contribution in [2.45, 2.75) is 6.61 Å². The maximum atomic E-state index is 13.7. The monoisotopic (exact) mass is 261 g/mol. The van der Waals surface area contributed by atoms with Crippen LogP contribution in [0.3, 0.4) is 0 Å². The fourth-order valence-corrected chi connectivity index (χ4v) is 1.66. The molecule has 18 heavy (non-hydrogen) atoms. The van der Waals surface area contributed by atoms with Gasteiger partial charge in [0.1, 0.15) is 12.7 Å². The van der Waals surface area contributed by atoms with E-state index in [4.69, 9.17) is 21.6 Å². The van der Waals surface area contributed by atoms with Gasteiger partial charge in [0.15, 0.2) is 11.6 Å². The Morgan fingerprint density at radius 2 is 1.89 bits per heavy atom. The van der Waals surface area contributed by atoms with Crippen molar-refractivity contribution in [1.29, 1.82) is 5.26 Å². The number of hydrogen-bond acceptors (Lipinski definition) is 2. The fourth-order valence-electron chi connectivity index (χ4n) is 1.46. The SMILES string of the molecule is N#Cc1ccc(OCc2ccccc2)c(F)c1Cl. The summed E-state index contributed by atoms with van der Waals surface area (Å²) in [6.07, 6.45) is 0. The summed E-state index contributed by atoms with van der Waals surface area (Å²) in [5.41, 5.74) is 1.03. The first-order valence-corrected chi connectivity index (χ1v) is 5.65. The van der Waals surface area contributed by atoms with Gasteiger partial charge in [-0.05, 0) is 17.7 Å². The van der Waals surface area contributed by atoms with Crippen molar-refractivity contribution in [3.8, 4) is 11.8 Å². The molecule has 2 aromatic carbocycles. The van der Waals surface area contributed by atoms with E-state index in [1.807, 2.05) is 36.4 Å². The zero-order valence-corrected chi connectivity index (χ0v) is 10.1. The Morgan fingerprint density at radius 1 is 1.17 bits per heavy atom. The van der Waals surface area contributed by atoms with Crippen LogP contribution in [0, 0.1) is 17.1 Å². The molecule has 0 amide bonds. The normalized spacial score (nSPS) is 9.83. The van der Waals surface area contributed by atoms with E-state index in [1.54, 1.807) is 0 Å². The minimum absolute atomic E-state index is 0.0443. The van der Waals surface area contributed by atoms with Crippen LogP contribution in [-0.2, 0) is 6.61 Å². The Labute approximate surface area is 109 Å². The van der Waals surface area contributed by atoms with Crippen molar-refractivity contribution in [3.05, 3.63) is 64.4 Å². The Kier molecular flexibility index (Phi) is 3.81. The van der Waals surface area contributed by atoms with Crippen LogP contribution in [0.25, 0.3) is 0 Å². The molecule has 0 heterocycles. The molecular weight excluding hydrogens is 253 g/mol. The van der Waals surface area contributed by atoms with E-state index < -0.39 is 5.82 Å². The molecule has 0 aliphatic heterocycles. The number of rotatable bonds is 3. The summed E-state index contributed by atoms with van der Waals surface area (Å²) in [7, 11) is 0. The van der Waals surface area contributed by atoms with Gasteiger partial charge in [-0.15, -0.1) is 0 Å². The maximum absolute atomic E-state index is 13.7. The van der Waals surface area contributed by atoms with Crippen LogP contribution in [0.5, 0.6) is 5.75 Å². The van der Waals surface area contributed by atoms with Gasteiger partial charge in [-0.3, -0.25) is 0 Å². The van der Waals surface area contributed by atoms with E-state index in [9.17, 15) is 4.39 Å². The number of ether oxygens (including phenoxy) is 1. The van der Waals surface area contributed by atoms with Crippen molar-refractivity contribution in [2.24, 2.45) is 0 Å². The Hall–Kier alpha value is -2.05. The second-order valence-electron chi connectivity index (χ2n) is 3.63. The molecule has 2 rings (SSSR count). The van der Waals surface area contributed by atoms with Gasteiger partial charge < -0.3 is 4.74 Å². The van der Waals surface area contributed by atoms with Crippen LogP contribution in [0.1, 0.15) is 11.1 Å². The maximum Gasteiger partial charge on any atom is 0.184 e. The van der Waals surface area contributed by atoms with Gasteiger partial charge in [-0.1, -0.05) is 41.9 Å². The predicted octanol–water partition coefficient (Wildman–Crippen LogP) is 3.93. The van der Waals surface area contributed by atoms with Gasteiger partial charge in [0.25, 0.3) is 0 Å². The van der Waals surface area contributed by atoms with E-state index in [-0.39, 0.29) is 22.9 Å². The van der Waals surface area contributed by atoms with Gasteiger partial charge in [-0.25, -0.2) is 4.39 Å². The van der Waals surface area contributed by atoms with Crippen molar-refractivity contribution < 1.29 is 9.13 Å². The molecule has 0 atom stereocenters. The van der Waals surface area contributed by atoms with Crippen LogP contribution in [0.4, 0.5) is 4.39 Å². The zero-order valence-electron chi connectivity index (χ0n) is 9.36. The molecule has 2 aromatic rings. The highest BCUT2D eigenvalue weighted by molar-refractivity contribution is 6.32. The Morgan fingerprint density at radius 3 is 2.56 bits per heavy atom. The van der Waals surface area contributed by atoms with Crippen LogP contribution in [-0.4, -0.2) is 0 Å². The van der Waals surface area contributed by atoms with Gasteiger partial charge in [0.05, 0.1) is 10.6 Å². The lowest BCUT2D eigenvalue weighted by molar-refractivity contribution is 0.290. The highest BCUT2D eigenvalue weighted by Crippen LogP contribution is 2.28. The van der Waals surface area contributed by atoms with Crippen LogP contribution in [0.2, 0.25) is 5.02 Å². The van der Waals surface area contributed by atoms with Crippen molar-refractivity contribution in [2.75, 3.05) is 0 Å². The molecule has 0 spiro atoms. The van der Waals surface area contributed by atoms with Crippen LogP contribution >= 0.6 is 11.6 Å².